The van der Waals surface area contributed by atoms with E-state index in [0.717, 1.165) is 46.2 Å². The first-order chi connectivity index (χ1) is 10.8. The number of rotatable bonds is 4. The first kappa shape index (κ1) is 17.4. The van der Waals surface area contributed by atoms with E-state index in [1.54, 1.807) is 0 Å². The molecule has 0 aliphatic heterocycles. The average molecular weight is 312 g/mol. The molecule has 0 aromatic heterocycles. The summed E-state index contributed by atoms with van der Waals surface area (Å²) in [6, 6.07) is 4.31. The lowest BCUT2D eigenvalue weighted by Gasteiger charge is -2.18. The number of hydrogen-bond donors (Lipinski definition) is 2. The van der Waals surface area contributed by atoms with Crippen LogP contribution in [0.1, 0.15) is 58.4 Å². The molecule has 0 fully saturated rings. The van der Waals surface area contributed by atoms with Crippen molar-refractivity contribution in [3.05, 3.63) is 56.6 Å². The van der Waals surface area contributed by atoms with Gasteiger partial charge in [-0.25, -0.2) is 0 Å². The number of phenols is 2. The fourth-order valence-electron chi connectivity index (χ4n) is 3.40. The lowest BCUT2D eigenvalue weighted by molar-refractivity contribution is 0.456. The molecule has 2 aromatic carbocycles. The van der Waals surface area contributed by atoms with E-state index in [1.807, 2.05) is 27.7 Å². The van der Waals surface area contributed by atoms with Crippen molar-refractivity contribution in [1.29, 1.82) is 0 Å². The van der Waals surface area contributed by atoms with Gasteiger partial charge in [-0.3, -0.25) is 0 Å². The van der Waals surface area contributed by atoms with Crippen molar-refractivity contribution in [2.75, 3.05) is 0 Å². The van der Waals surface area contributed by atoms with Crippen LogP contribution in [0.5, 0.6) is 11.5 Å². The van der Waals surface area contributed by atoms with Gasteiger partial charge in [0.2, 0.25) is 0 Å². The third-order valence-electron chi connectivity index (χ3n) is 5.09. The topological polar surface area (TPSA) is 40.5 Å². The zero-order chi connectivity index (χ0) is 17.3. The zero-order valence-electron chi connectivity index (χ0n) is 15.2. The molecule has 0 saturated carbocycles. The molecule has 2 N–H and O–H groups in total. The summed E-state index contributed by atoms with van der Waals surface area (Å²) in [7, 11) is 0. The molecule has 0 atom stereocenters. The van der Waals surface area contributed by atoms with Gasteiger partial charge in [-0.2, -0.15) is 0 Å². The van der Waals surface area contributed by atoms with Crippen LogP contribution >= 0.6 is 0 Å². The molecule has 0 heterocycles. The van der Waals surface area contributed by atoms with Crippen LogP contribution in [-0.4, -0.2) is 10.2 Å². The Morgan fingerprint density at radius 3 is 1.35 bits per heavy atom. The monoisotopic (exact) mass is 312 g/mol. The molecule has 0 saturated heterocycles. The molecule has 23 heavy (non-hydrogen) atoms. The second-order valence-electron chi connectivity index (χ2n) is 6.49. The highest BCUT2D eigenvalue weighted by Crippen LogP contribution is 2.36. The van der Waals surface area contributed by atoms with E-state index in [9.17, 15) is 10.2 Å². The zero-order valence-corrected chi connectivity index (χ0v) is 15.2. The number of phenolic OH excluding ortho intramolecular Hbond substituents is 2. The Labute approximate surface area is 139 Å². The summed E-state index contributed by atoms with van der Waals surface area (Å²) in [4.78, 5) is 0. The first-order valence-corrected chi connectivity index (χ1v) is 8.43. The van der Waals surface area contributed by atoms with Crippen molar-refractivity contribution < 1.29 is 10.2 Å². The van der Waals surface area contributed by atoms with Gasteiger partial charge < -0.3 is 10.2 Å². The number of aromatic hydroxyl groups is 2. The van der Waals surface area contributed by atoms with Gasteiger partial charge in [0, 0.05) is 17.5 Å². The van der Waals surface area contributed by atoms with E-state index in [0.29, 0.717) is 17.9 Å². The van der Waals surface area contributed by atoms with Gasteiger partial charge in [-0.1, -0.05) is 26.0 Å². The minimum absolute atomic E-state index is 0.373. The Morgan fingerprint density at radius 2 is 1.04 bits per heavy atom. The standard InChI is InChI=1S/C21H28O2/c1-7-16-9-12(3)18(20(22)14(16)5)11-19-13(4)10-17(8-2)15(6)21(19)23/h9-10,22-23H,7-8,11H2,1-6H3. The average Bonchev–Trinajstić information content (AvgIpc) is 2.53. The summed E-state index contributed by atoms with van der Waals surface area (Å²) in [5.41, 5.74) is 8.27. The molecule has 2 aromatic rings. The maximum Gasteiger partial charge on any atom is 0.122 e. The Balaban J connectivity index is 2.57. The molecule has 0 aliphatic rings. The minimum atomic E-state index is 0.373. The SMILES string of the molecule is CCc1cc(C)c(Cc2c(C)cc(CC)c(C)c2O)c(O)c1C. The molecule has 124 valence electrons. The smallest absolute Gasteiger partial charge is 0.122 e. The van der Waals surface area contributed by atoms with Gasteiger partial charge in [0.05, 0.1) is 0 Å². The summed E-state index contributed by atoms with van der Waals surface area (Å²) in [5.74, 6) is 0.746. The molecule has 0 aliphatic carbocycles. The van der Waals surface area contributed by atoms with Gasteiger partial charge >= 0.3 is 0 Å². The van der Waals surface area contributed by atoms with Crippen LogP contribution in [-0.2, 0) is 19.3 Å². The predicted octanol–water partition coefficient (Wildman–Crippen LogP) is 5.05. The largest absolute Gasteiger partial charge is 0.507 e. The van der Waals surface area contributed by atoms with Crippen molar-refractivity contribution >= 4 is 0 Å². The molecule has 0 bridgehead atoms. The quantitative estimate of drug-likeness (QED) is 0.829. The van der Waals surface area contributed by atoms with Crippen LogP contribution in [0.2, 0.25) is 0 Å². The predicted molar refractivity (Wildman–Crippen MR) is 96.7 cm³/mol. The lowest BCUT2D eigenvalue weighted by atomic mass is 9.89. The lowest BCUT2D eigenvalue weighted by Crippen LogP contribution is -2.02. The normalized spacial score (nSPS) is 11.0. The van der Waals surface area contributed by atoms with Crippen LogP contribution in [0.25, 0.3) is 0 Å². The van der Waals surface area contributed by atoms with E-state index in [2.05, 4.69) is 26.0 Å². The van der Waals surface area contributed by atoms with Gasteiger partial charge in [0.1, 0.15) is 11.5 Å². The van der Waals surface area contributed by atoms with Crippen LogP contribution in [0.4, 0.5) is 0 Å². The number of hydrogen-bond acceptors (Lipinski definition) is 2. The number of aryl methyl sites for hydroxylation is 4. The summed E-state index contributed by atoms with van der Waals surface area (Å²) >= 11 is 0. The molecule has 0 radical (unpaired) electrons. The molecular weight excluding hydrogens is 284 g/mol. The van der Waals surface area contributed by atoms with Gasteiger partial charge in [-0.15, -0.1) is 0 Å². The van der Waals surface area contributed by atoms with E-state index in [-0.39, 0.29) is 0 Å². The van der Waals surface area contributed by atoms with Crippen LogP contribution < -0.4 is 0 Å². The third-order valence-corrected chi connectivity index (χ3v) is 5.09. The van der Waals surface area contributed by atoms with Crippen LogP contribution in [0, 0.1) is 27.7 Å². The van der Waals surface area contributed by atoms with E-state index in [1.165, 1.54) is 11.1 Å². The Bertz CT molecular complexity index is 679. The molecule has 2 rings (SSSR count). The highest BCUT2D eigenvalue weighted by Gasteiger charge is 2.17. The van der Waals surface area contributed by atoms with Crippen LogP contribution in [0.15, 0.2) is 12.1 Å². The molecule has 0 spiro atoms. The Hall–Kier alpha value is -1.96. The van der Waals surface area contributed by atoms with Crippen molar-refractivity contribution in [3.8, 4) is 11.5 Å². The molecular formula is C21H28O2. The van der Waals surface area contributed by atoms with E-state index < -0.39 is 0 Å². The summed E-state index contributed by atoms with van der Waals surface area (Å²) in [5, 5.41) is 21.2. The van der Waals surface area contributed by atoms with E-state index >= 15 is 0 Å². The fraction of sp³-hybridized carbons (Fsp3) is 0.429. The van der Waals surface area contributed by atoms with Crippen molar-refractivity contribution in [2.24, 2.45) is 0 Å². The maximum atomic E-state index is 10.6. The van der Waals surface area contributed by atoms with E-state index in [4.69, 9.17) is 0 Å². The second-order valence-corrected chi connectivity index (χ2v) is 6.49. The highest BCUT2D eigenvalue weighted by atomic mass is 16.3. The maximum absolute atomic E-state index is 10.6. The van der Waals surface area contributed by atoms with Gasteiger partial charge in [0.25, 0.3) is 0 Å². The minimum Gasteiger partial charge on any atom is -0.507 e. The molecule has 0 amide bonds. The van der Waals surface area contributed by atoms with Crippen molar-refractivity contribution in [1.82, 2.24) is 0 Å². The molecule has 0 unspecified atom stereocenters. The summed E-state index contributed by atoms with van der Waals surface area (Å²) in [6.45, 7) is 12.2. The second kappa shape index (κ2) is 6.66. The fourth-order valence-corrected chi connectivity index (χ4v) is 3.40. The molecule has 2 nitrogen and oxygen atoms in total. The van der Waals surface area contributed by atoms with Gasteiger partial charge in [0.15, 0.2) is 0 Å². The summed E-state index contributed by atoms with van der Waals surface area (Å²) < 4.78 is 0. The third kappa shape index (κ3) is 3.08. The first-order valence-electron chi connectivity index (χ1n) is 8.43. The van der Waals surface area contributed by atoms with Crippen molar-refractivity contribution in [3.63, 3.8) is 0 Å². The van der Waals surface area contributed by atoms with Gasteiger partial charge in [-0.05, 0) is 73.9 Å². The Kier molecular flexibility index (Phi) is 5.03. The molecule has 2 heteroatoms. The van der Waals surface area contributed by atoms with Crippen LogP contribution in [0.3, 0.4) is 0 Å². The number of benzene rings is 2. The Morgan fingerprint density at radius 1 is 0.696 bits per heavy atom. The van der Waals surface area contributed by atoms with Crippen molar-refractivity contribution in [2.45, 2.75) is 60.8 Å². The highest BCUT2D eigenvalue weighted by molar-refractivity contribution is 5.56. The summed E-state index contributed by atoms with van der Waals surface area (Å²) in [6.07, 6.45) is 2.38.